The van der Waals surface area contributed by atoms with E-state index in [1.807, 2.05) is 23.1 Å². The van der Waals surface area contributed by atoms with Crippen molar-refractivity contribution in [2.45, 2.75) is 0 Å². The van der Waals surface area contributed by atoms with Gasteiger partial charge in [0, 0.05) is 49.6 Å². The summed E-state index contributed by atoms with van der Waals surface area (Å²) in [6.45, 7) is 2.27. The van der Waals surface area contributed by atoms with Crippen LogP contribution in [0.5, 0.6) is 23.0 Å². The molecule has 0 aliphatic carbocycles. The molecule has 11 nitrogen and oxygen atoms in total. The molecule has 0 spiro atoms. The van der Waals surface area contributed by atoms with Crippen LogP contribution in [0.3, 0.4) is 0 Å². The number of fused-ring (bicyclic) bond motifs is 1. The summed E-state index contributed by atoms with van der Waals surface area (Å²) in [6.07, 6.45) is 3.28. The summed E-state index contributed by atoms with van der Waals surface area (Å²) in [7, 11) is 6.35. The topological polar surface area (TPSA) is 104 Å². The van der Waals surface area contributed by atoms with Crippen LogP contribution < -0.4 is 23.8 Å². The molecule has 1 aliphatic rings. The molecular formula is C26H28N6O5. The predicted molar refractivity (Wildman–Crippen MR) is 137 cm³/mol. The lowest BCUT2D eigenvalue weighted by Gasteiger charge is -2.36. The number of benzene rings is 2. The number of rotatable bonds is 7. The van der Waals surface area contributed by atoms with Gasteiger partial charge in [0.05, 0.1) is 28.4 Å². The fourth-order valence-electron chi connectivity index (χ4n) is 4.51. The van der Waals surface area contributed by atoms with Gasteiger partial charge in [0.2, 0.25) is 0 Å². The molecule has 0 radical (unpaired) electrons. The van der Waals surface area contributed by atoms with Crippen molar-refractivity contribution in [2.24, 2.45) is 0 Å². The number of methoxy groups -OCH3 is 4. The first kappa shape index (κ1) is 24.2. The van der Waals surface area contributed by atoms with Crippen molar-refractivity contribution >= 4 is 17.5 Å². The maximum Gasteiger partial charge on any atom is 0.254 e. The number of ether oxygens (including phenoxy) is 4. The lowest BCUT2D eigenvalue weighted by Crippen LogP contribution is -2.49. The lowest BCUT2D eigenvalue weighted by atomic mass is 10.1. The van der Waals surface area contributed by atoms with Crippen molar-refractivity contribution in [3.63, 3.8) is 0 Å². The van der Waals surface area contributed by atoms with E-state index in [1.54, 1.807) is 57.4 Å². The van der Waals surface area contributed by atoms with Crippen LogP contribution in [0.15, 0.2) is 48.9 Å². The van der Waals surface area contributed by atoms with E-state index in [1.165, 1.54) is 6.33 Å². The van der Waals surface area contributed by atoms with E-state index in [-0.39, 0.29) is 5.91 Å². The third kappa shape index (κ3) is 4.55. The van der Waals surface area contributed by atoms with E-state index in [2.05, 4.69) is 20.0 Å². The van der Waals surface area contributed by atoms with Crippen molar-refractivity contribution in [3.05, 3.63) is 54.5 Å². The quantitative estimate of drug-likeness (QED) is 0.376. The summed E-state index contributed by atoms with van der Waals surface area (Å²) >= 11 is 0. The summed E-state index contributed by atoms with van der Waals surface area (Å²) in [6, 6.07) is 10.9. The third-order valence-corrected chi connectivity index (χ3v) is 6.44. The Morgan fingerprint density at radius 1 is 0.811 bits per heavy atom. The standard InChI is InChI=1S/C26H28N6O5/c1-34-19-11-18(12-20(14-19)35-2)25(33)31-9-7-30(8-10-31)24-21(15-27-26-28-16-29-32(24)26)17-5-6-22(36-3)23(13-17)37-4/h5-6,11-16H,7-10H2,1-4H3. The summed E-state index contributed by atoms with van der Waals surface area (Å²) in [5.74, 6) is 3.69. The van der Waals surface area contributed by atoms with Gasteiger partial charge in [-0.05, 0) is 29.8 Å². The second-order valence-corrected chi connectivity index (χ2v) is 8.42. The smallest absolute Gasteiger partial charge is 0.254 e. The fourth-order valence-corrected chi connectivity index (χ4v) is 4.51. The molecule has 1 amide bonds. The molecule has 1 aliphatic heterocycles. The van der Waals surface area contributed by atoms with Crippen molar-refractivity contribution in [1.29, 1.82) is 0 Å². The first-order chi connectivity index (χ1) is 18.1. The minimum Gasteiger partial charge on any atom is -0.497 e. The largest absolute Gasteiger partial charge is 0.497 e. The maximum absolute atomic E-state index is 13.3. The zero-order valence-corrected chi connectivity index (χ0v) is 21.2. The monoisotopic (exact) mass is 504 g/mol. The number of amides is 1. The molecule has 2 aromatic heterocycles. The molecule has 4 aromatic rings. The summed E-state index contributed by atoms with van der Waals surface area (Å²) in [5.41, 5.74) is 2.30. The second-order valence-electron chi connectivity index (χ2n) is 8.42. The number of nitrogens with zero attached hydrogens (tertiary/aromatic N) is 6. The van der Waals surface area contributed by atoms with Crippen LogP contribution in [0.2, 0.25) is 0 Å². The first-order valence-corrected chi connectivity index (χ1v) is 11.7. The zero-order valence-electron chi connectivity index (χ0n) is 21.2. The Hall–Kier alpha value is -4.54. The second kappa shape index (κ2) is 10.2. The summed E-state index contributed by atoms with van der Waals surface area (Å²) < 4.78 is 23.3. The van der Waals surface area contributed by atoms with Gasteiger partial charge in [-0.2, -0.15) is 14.6 Å². The van der Waals surface area contributed by atoms with Crippen LogP contribution in [0, 0.1) is 0 Å². The fraction of sp³-hybridized carbons (Fsp3) is 0.308. The number of hydrogen-bond acceptors (Lipinski definition) is 9. The Balaban J connectivity index is 1.44. The number of anilines is 1. The highest BCUT2D eigenvalue weighted by Gasteiger charge is 2.27. The van der Waals surface area contributed by atoms with Crippen molar-refractivity contribution < 1.29 is 23.7 Å². The van der Waals surface area contributed by atoms with Gasteiger partial charge in [-0.3, -0.25) is 4.79 Å². The Labute approximate surface area is 214 Å². The molecule has 5 rings (SSSR count). The summed E-state index contributed by atoms with van der Waals surface area (Å²) in [5, 5.41) is 4.43. The van der Waals surface area contributed by atoms with Gasteiger partial charge in [-0.25, -0.2) is 4.98 Å². The Bertz CT molecular complexity index is 1410. The number of hydrogen-bond donors (Lipinski definition) is 0. The van der Waals surface area contributed by atoms with Gasteiger partial charge in [0.1, 0.15) is 23.6 Å². The van der Waals surface area contributed by atoms with E-state index in [0.717, 1.165) is 16.9 Å². The Kier molecular flexibility index (Phi) is 6.67. The van der Waals surface area contributed by atoms with Gasteiger partial charge in [0.15, 0.2) is 11.5 Å². The average Bonchev–Trinajstić information content (AvgIpc) is 3.44. The van der Waals surface area contributed by atoms with E-state index in [0.29, 0.717) is 60.5 Å². The number of aromatic nitrogens is 4. The molecule has 11 heteroatoms. The van der Waals surface area contributed by atoms with Gasteiger partial charge in [-0.1, -0.05) is 6.07 Å². The van der Waals surface area contributed by atoms with Gasteiger partial charge in [0.25, 0.3) is 11.7 Å². The zero-order chi connectivity index (χ0) is 25.9. The molecule has 1 fully saturated rings. The SMILES string of the molecule is COc1cc(OC)cc(C(=O)N2CCN(c3c(-c4ccc(OC)c(OC)c4)cnc4ncnn34)CC2)c1. The molecule has 1 saturated heterocycles. The third-order valence-electron chi connectivity index (χ3n) is 6.44. The number of carbonyl (C=O) groups excluding carboxylic acids is 1. The van der Waals surface area contributed by atoms with Crippen LogP contribution >= 0.6 is 0 Å². The highest BCUT2D eigenvalue weighted by molar-refractivity contribution is 5.95. The number of carbonyl (C=O) groups is 1. The van der Waals surface area contributed by atoms with Crippen molar-refractivity contribution in [2.75, 3.05) is 59.5 Å². The molecule has 37 heavy (non-hydrogen) atoms. The molecule has 192 valence electrons. The van der Waals surface area contributed by atoms with Crippen LogP contribution in [0.4, 0.5) is 5.82 Å². The van der Waals surface area contributed by atoms with Gasteiger partial charge in [-0.15, -0.1) is 0 Å². The Morgan fingerprint density at radius 3 is 2.16 bits per heavy atom. The van der Waals surface area contributed by atoms with Crippen LogP contribution in [0.1, 0.15) is 10.4 Å². The molecule has 0 atom stereocenters. The normalized spacial score (nSPS) is 13.5. The molecule has 0 bridgehead atoms. The maximum atomic E-state index is 13.3. The lowest BCUT2D eigenvalue weighted by molar-refractivity contribution is 0.0745. The average molecular weight is 505 g/mol. The number of piperazine rings is 1. The van der Waals surface area contributed by atoms with Crippen LogP contribution in [-0.2, 0) is 0 Å². The predicted octanol–water partition coefficient (Wildman–Crippen LogP) is 2.79. The summed E-state index contributed by atoms with van der Waals surface area (Å²) in [4.78, 5) is 26.1. The minimum absolute atomic E-state index is 0.0717. The van der Waals surface area contributed by atoms with E-state index in [9.17, 15) is 4.79 Å². The van der Waals surface area contributed by atoms with Crippen LogP contribution in [-0.4, -0.2) is 85.0 Å². The molecule has 2 aromatic carbocycles. The van der Waals surface area contributed by atoms with Gasteiger partial charge < -0.3 is 28.7 Å². The van der Waals surface area contributed by atoms with Crippen LogP contribution in [0.25, 0.3) is 16.9 Å². The highest BCUT2D eigenvalue weighted by atomic mass is 16.5. The van der Waals surface area contributed by atoms with Crippen molar-refractivity contribution in [3.8, 4) is 34.1 Å². The molecule has 0 unspecified atom stereocenters. The van der Waals surface area contributed by atoms with E-state index >= 15 is 0 Å². The Morgan fingerprint density at radius 2 is 1.51 bits per heavy atom. The van der Waals surface area contributed by atoms with E-state index < -0.39 is 0 Å². The van der Waals surface area contributed by atoms with Crippen molar-refractivity contribution in [1.82, 2.24) is 24.5 Å². The molecular weight excluding hydrogens is 476 g/mol. The molecule has 0 saturated carbocycles. The van der Waals surface area contributed by atoms with E-state index in [4.69, 9.17) is 18.9 Å². The minimum atomic E-state index is -0.0717. The first-order valence-electron chi connectivity index (χ1n) is 11.7. The molecule has 0 N–H and O–H groups in total. The van der Waals surface area contributed by atoms with Gasteiger partial charge >= 0.3 is 0 Å². The highest BCUT2D eigenvalue weighted by Crippen LogP contribution is 2.36. The molecule has 3 heterocycles.